The van der Waals surface area contributed by atoms with Gasteiger partial charge in [0.25, 0.3) is 11.5 Å². The molecule has 2 aromatic heterocycles. The van der Waals surface area contributed by atoms with E-state index in [1.165, 1.54) is 4.40 Å². The summed E-state index contributed by atoms with van der Waals surface area (Å²) in [6, 6.07) is 25.6. The van der Waals surface area contributed by atoms with Crippen LogP contribution in [0.15, 0.2) is 83.7 Å². The first-order chi connectivity index (χ1) is 16.6. The number of para-hydroxylation sites is 2. The number of benzene rings is 3. The second kappa shape index (κ2) is 8.52. The van der Waals surface area contributed by atoms with Crippen LogP contribution in [0.2, 0.25) is 0 Å². The average Bonchev–Trinajstić information content (AvgIpc) is 3.24. The van der Waals surface area contributed by atoms with E-state index in [2.05, 4.69) is 21.7 Å². The molecule has 164 valence electrons. The highest BCUT2D eigenvalue weighted by Crippen LogP contribution is 2.18. The summed E-state index contributed by atoms with van der Waals surface area (Å²) in [5, 5.41) is 16.1. The first-order valence-electron chi connectivity index (χ1n) is 10.6. The Morgan fingerprint density at radius 2 is 1.74 bits per heavy atom. The Hall–Kier alpha value is -4.96. The standard InChI is InChI=1S/C27H19N5O2/c1-17-21(15-28)25-31-23-12-5-6-13-24(23)32(25)27(34)22(17)16-29-19-10-7-11-20(14-19)30-26(33)18-8-3-2-4-9-18/h2-14,16,29H,1H3,(H,30,33). The number of hydrogen-bond acceptors (Lipinski definition) is 5. The Morgan fingerprint density at radius 1 is 1.00 bits per heavy atom. The average molecular weight is 445 g/mol. The highest BCUT2D eigenvalue weighted by atomic mass is 16.1. The number of fused-ring (bicyclic) bond motifs is 3. The smallest absolute Gasteiger partial charge is 0.265 e. The second-order valence-corrected chi connectivity index (χ2v) is 7.78. The third-order valence-corrected chi connectivity index (χ3v) is 5.65. The normalized spacial score (nSPS) is 11.5. The van der Waals surface area contributed by atoms with Gasteiger partial charge in [0.15, 0.2) is 5.65 Å². The fraction of sp³-hybridized carbons (Fsp3) is 0.0370. The molecule has 0 aliphatic carbocycles. The second-order valence-electron chi connectivity index (χ2n) is 7.78. The number of nitrogens with zero attached hydrogens (tertiary/aromatic N) is 3. The quantitative estimate of drug-likeness (QED) is 0.438. The van der Waals surface area contributed by atoms with E-state index in [0.717, 1.165) is 0 Å². The molecule has 0 unspecified atom stereocenters. The zero-order valence-electron chi connectivity index (χ0n) is 18.2. The van der Waals surface area contributed by atoms with Crippen molar-refractivity contribution in [1.29, 1.82) is 5.26 Å². The van der Waals surface area contributed by atoms with Crippen molar-refractivity contribution in [3.8, 4) is 6.07 Å². The van der Waals surface area contributed by atoms with E-state index >= 15 is 0 Å². The minimum atomic E-state index is -0.263. The van der Waals surface area contributed by atoms with Crippen molar-refractivity contribution in [2.75, 3.05) is 10.6 Å². The van der Waals surface area contributed by atoms with Gasteiger partial charge < -0.3 is 10.6 Å². The van der Waals surface area contributed by atoms with E-state index in [1.54, 1.807) is 55.6 Å². The molecular formula is C27H19N5O2. The molecule has 5 aromatic rings. The summed E-state index contributed by atoms with van der Waals surface area (Å²) >= 11 is 0. The number of pyridine rings is 1. The molecule has 2 N–H and O–H groups in total. The first-order valence-corrected chi connectivity index (χ1v) is 10.6. The van der Waals surface area contributed by atoms with Gasteiger partial charge in [0.2, 0.25) is 0 Å². The summed E-state index contributed by atoms with van der Waals surface area (Å²) in [4.78, 5) is 30.3. The molecule has 7 heteroatoms. The zero-order chi connectivity index (χ0) is 23.7. The first kappa shape index (κ1) is 20.9. The Bertz CT molecular complexity index is 1720. The Morgan fingerprint density at radius 3 is 2.53 bits per heavy atom. The third kappa shape index (κ3) is 3.63. The molecule has 0 atom stereocenters. The number of anilines is 2. The maximum atomic E-state index is 13.4. The van der Waals surface area contributed by atoms with Gasteiger partial charge in [0, 0.05) is 23.1 Å². The third-order valence-electron chi connectivity index (χ3n) is 5.65. The molecule has 0 saturated carbocycles. The molecule has 0 spiro atoms. The van der Waals surface area contributed by atoms with Crippen LogP contribution in [0.5, 0.6) is 0 Å². The maximum Gasteiger partial charge on any atom is 0.265 e. The maximum absolute atomic E-state index is 13.4. The summed E-state index contributed by atoms with van der Waals surface area (Å²) in [6.45, 7) is 1.74. The predicted molar refractivity (Wildman–Crippen MR) is 133 cm³/mol. The van der Waals surface area contributed by atoms with Gasteiger partial charge in [-0.15, -0.1) is 0 Å². The zero-order valence-corrected chi connectivity index (χ0v) is 18.2. The Labute approximate surface area is 194 Å². The van der Waals surface area contributed by atoms with Crippen LogP contribution in [0.1, 0.15) is 21.5 Å². The number of aromatic nitrogens is 2. The molecule has 2 heterocycles. The number of amides is 1. The van der Waals surface area contributed by atoms with Gasteiger partial charge in [0.05, 0.1) is 21.8 Å². The highest BCUT2D eigenvalue weighted by Gasteiger charge is 2.16. The summed E-state index contributed by atoms with van der Waals surface area (Å²) in [5.41, 5.74) is 4.16. The monoisotopic (exact) mass is 445 g/mol. The van der Waals surface area contributed by atoms with Crippen LogP contribution in [0.3, 0.4) is 0 Å². The topological polar surface area (TPSA) is 99.3 Å². The van der Waals surface area contributed by atoms with Crippen molar-refractivity contribution < 1.29 is 4.79 Å². The lowest BCUT2D eigenvalue weighted by atomic mass is 10.1. The van der Waals surface area contributed by atoms with Crippen LogP contribution in [-0.2, 0) is 0 Å². The molecular weight excluding hydrogens is 426 g/mol. The minimum Gasteiger partial charge on any atom is -0.361 e. The predicted octanol–water partition coefficient (Wildman–Crippen LogP) is 3.85. The van der Waals surface area contributed by atoms with Crippen LogP contribution in [0.4, 0.5) is 11.4 Å². The molecule has 0 radical (unpaired) electrons. The van der Waals surface area contributed by atoms with Crippen molar-refractivity contribution in [3.05, 3.63) is 111 Å². The molecule has 3 aromatic carbocycles. The number of nitriles is 1. The van der Waals surface area contributed by atoms with Gasteiger partial charge in [-0.05, 0) is 55.0 Å². The van der Waals surface area contributed by atoms with Crippen molar-refractivity contribution in [1.82, 2.24) is 9.38 Å². The molecule has 1 amide bonds. The van der Waals surface area contributed by atoms with E-state index in [-0.39, 0.29) is 11.5 Å². The highest BCUT2D eigenvalue weighted by molar-refractivity contribution is 6.04. The van der Waals surface area contributed by atoms with E-state index in [9.17, 15) is 14.9 Å². The minimum absolute atomic E-state index is 0.212. The van der Waals surface area contributed by atoms with Crippen LogP contribution in [0.25, 0.3) is 22.9 Å². The number of rotatable bonds is 4. The fourth-order valence-corrected chi connectivity index (χ4v) is 3.92. The SMILES string of the molecule is Cc1c(C#N)c2nc3ccccc3n2c(=O)c1=CNc1cccc(NC(=O)c2ccccc2)c1. The largest absolute Gasteiger partial charge is 0.361 e. The van der Waals surface area contributed by atoms with Crippen LogP contribution in [-0.4, -0.2) is 15.3 Å². The van der Waals surface area contributed by atoms with Crippen molar-refractivity contribution in [2.45, 2.75) is 6.92 Å². The van der Waals surface area contributed by atoms with Gasteiger partial charge in [-0.2, -0.15) is 5.26 Å². The summed E-state index contributed by atoms with van der Waals surface area (Å²) in [7, 11) is 0. The number of carbonyl (C=O) groups is 1. The lowest BCUT2D eigenvalue weighted by Gasteiger charge is -2.08. The number of imidazole rings is 1. The van der Waals surface area contributed by atoms with Gasteiger partial charge in [-0.3, -0.25) is 14.0 Å². The summed E-state index contributed by atoms with van der Waals surface area (Å²) in [6.07, 6.45) is 1.59. The molecule has 0 aliphatic rings. The van der Waals surface area contributed by atoms with Gasteiger partial charge >= 0.3 is 0 Å². The molecule has 0 fully saturated rings. The van der Waals surface area contributed by atoms with Crippen LogP contribution in [0, 0.1) is 18.3 Å². The number of carbonyl (C=O) groups excluding carboxylic acids is 1. The molecule has 0 bridgehead atoms. The van der Waals surface area contributed by atoms with Gasteiger partial charge in [-0.1, -0.05) is 36.4 Å². The molecule has 0 saturated heterocycles. The van der Waals surface area contributed by atoms with Crippen LogP contribution >= 0.6 is 0 Å². The summed E-state index contributed by atoms with van der Waals surface area (Å²) < 4.78 is 1.48. The fourth-order valence-electron chi connectivity index (χ4n) is 3.92. The Balaban J connectivity index is 1.53. The number of nitrogens with one attached hydrogen (secondary N) is 2. The van der Waals surface area contributed by atoms with E-state index in [1.807, 2.05) is 36.4 Å². The van der Waals surface area contributed by atoms with E-state index in [4.69, 9.17) is 0 Å². The van der Waals surface area contributed by atoms with Gasteiger partial charge in [-0.25, -0.2) is 4.98 Å². The lowest BCUT2D eigenvalue weighted by Crippen LogP contribution is -2.34. The molecule has 34 heavy (non-hydrogen) atoms. The van der Waals surface area contributed by atoms with E-state index < -0.39 is 0 Å². The molecule has 0 aliphatic heterocycles. The van der Waals surface area contributed by atoms with Gasteiger partial charge in [0.1, 0.15) is 6.07 Å². The number of hydrogen-bond donors (Lipinski definition) is 2. The van der Waals surface area contributed by atoms with Crippen molar-refractivity contribution >= 4 is 40.2 Å². The lowest BCUT2D eigenvalue weighted by molar-refractivity contribution is 0.102. The van der Waals surface area contributed by atoms with Crippen molar-refractivity contribution in [2.24, 2.45) is 0 Å². The Kier molecular flexibility index (Phi) is 5.24. The molecule has 5 rings (SSSR count). The van der Waals surface area contributed by atoms with Crippen LogP contribution < -0.4 is 21.4 Å². The summed E-state index contributed by atoms with van der Waals surface area (Å²) in [5.74, 6) is -0.212. The molecule has 7 nitrogen and oxygen atoms in total. The van der Waals surface area contributed by atoms with Crippen molar-refractivity contribution in [3.63, 3.8) is 0 Å². The van der Waals surface area contributed by atoms with E-state index in [0.29, 0.717) is 50.0 Å².